The summed E-state index contributed by atoms with van der Waals surface area (Å²) < 4.78 is 15.4. The molecule has 5 heterocycles. The summed E-state index contributed by atoms with van der Waals surface area (Å²) in [6.07, 6.45) is 16.3. The van der Waals surface area contributed by atoms with Gasteiger partial charge in [-0.05, 0) is 43.9 Å². The van der Waals surface area contributed by atoms with Crippen LogP contribution in [0.25, 0.3) is 0 Å². The molecule has 0 saturated carbocycles. The number of allylic oxidation sites excluding steroid dienone is 1. The van der Waals surface area contributed by atoms with Gasteiger partial charge in [0.25, 0.3) is 0 Å². The Labute approximate surface area is 199 Å². The number of rotatable bonds is 3. The molecule has 4 aliphatic heterocycles. The van der Waals surface area contributed by atoms with Crippen LogP contribution in [0.15, 0.2) is 53.9 Å². The first-order valence-electron chi connectivity index (χ1n) is 9.80. The van der Waals surface area contributed by atoms with Gasteiger partial charge in [0.05, 0.1) is 36.9 Å². The molecule has 0 spiro atoms. The Morgan fingerprint density at radius 2 is 1.52 bits per heavy atom. The molecule has 5 rings (SSSR count). The maximum Gasteiger partial charge on any atom is 0.643 e. The number of carbonyl (C=O) groups is 3. The van der Waals surface area contributed by atoms with E-state index in [0.717, 1.165) is 31.8 Å². The number of furan rings is 1. The Bertz CT molecular complexity index is 644. The minimum atomic E-state index is -1.72. The Kier molecular flexibility index (Phi) is 15.1. The third-order valence-electron chi connectivity index (χ3n) is 4.80. The molecule has 3 saturated heterocycles. The maximum atomic E-state index is 10.3. The van der Waals surface area contributed by atoms with Crippen LogP contribution < -0.4 is 0 Å². The molecular formula is C21H26AlCl3O6. The molecule has 0 N–H and O–H groups in total. The Balaban J connectivity index is 0.000000205. The average molecular weight is 508 g/mol. The molecule has 0 aromatic carbocycles. The summed E-state index contributed by atoms with van der Waals surface area (Å²) in [6, 6.07) is 3.67. The smallest absolute Gasteiger partial charge is 0.473 e. The molecule has 1 aromatic heterocycles. The molecule has 0 aliphatic carbocycles. The number of hydrogen-bond donors (Lipinski definition) is 0. The molecule has 6 atom stereocenters. The second kappa shape index (κ2) is 16.7. The van der Waals surface area contributed by atoms with Crippen LogP contribution in [0.5, 0.6) is 0 Å². The highest BCUT2D eigenvalue weighted by Crippen LogP contribution is 2.37. The van der Waals surface area contributed by atoms with E-state index >= 15 is 0 Å². The van der Waals surface area contributed by atoms with Crippen LogP contribution in [0, 0.1) is 11.8 Å². The molecule has 6 unspecified atom stereocenters. The molecule has 10 heteroatoms. The fraction of sp³-hybridized carbons (Fsp3) is 0.476. The molecule has 6 nitrogen and oxygen atoms in total. The van der Waals surface area contributed by atoms with Gasteiger partial charge in [-0.1, -0.05) is 18.7 Å². The molecule has 3 fully saturated rings. The lowest BCUT2D eigenvalue weighted by Crippen LogP contribution is -2.16. The average Bonchev–Trinajstić information content (AvgIpc) is 3.61. The monoisotopic (exact) mass is 506 g/mol. The minimum Gasteiger partial charge on any atom is -0.473 e. The highest BCUT2D eigenvalue weighted by atomic mass is 35.8. The van der Waals surface area contributed by atoms with Gasteiger partial charge in [0.2, 0.25) is 0 Å². The first kappa shape index (κ1) is 28.1. The topological polar surface area (TPSA) is 82.8 Å². The summed E-state index contributed by atoms with van der Waals surface area (Å²) in [7, 11) is 14.8. The number of ether oxygens (including phenoxy) is 2. The van der Waals surface area contributed by atoms with E-state index in [1.54, 1.807) is 12.5 Å². The molecule has 1 aromatic rings. The Hall–Kier alpha value is -0.908. The van der Waals surface area contributed by atoms with Crippen molar-refractivity contribution in [3.05, 3.63) is 49.5 Å². The van der Waals surface area contributed by atoms with Crippen molar-refractivity contribution in [3.8, 4) is 0 Å². The van der Waals surface area contributed by atoms with E-state index in [1.165, 1.54) is 12.5 Å². The van der Waals surface area contributed by atoms with Crippen LogP contribution in [0.3, 0.4) is 0 Å². The lowest BCUT2D eigenvalue weighted by atomic mass is 9.91. The standard InChI is InChI=1S/C7H10O2.C7H8O2.C4H4O.C3H4O.Al.3ClH/c2*8-4-5-3-6-1-2-7(5)9-6;1-2-4-5-3-1;1-2-3-4;;;;/h4-7H,1-3H2;1-2,4-7H,3H2;1-4H;2-3H,1H2;;3*1H/q;;;;+3;;;/p-3. The van der Waals surface area contributed by atoms with Crippen LogP contribution >= 0.6 is 30.1 Å². The maximum absolute atomic E-state index is 10.3. The van der Waals surface area contributed by atoms with Gasteiger partial charge >= 0.3 is 11.4 Å². The Morgan fingerprint density at radius 1 is 0.903 bits per heavy atom. The predicted octanol–water partition coefficient (Wildman–Crippen LogP) is 4.62. The van der Waals surface area contributed by atoms with Gasteiger partial charge < -0.3 is 23.5 Å². The molecule has 31 heavy (non-hydrogen) atoms. The van der Waals surface area contributed by atoms with Gasteiger partial charge in [-0.2, -0.15) is 0 Å². The van der Waals surface area contributed by atoms with Crippen LogP contribution in [-0.2, 0) is 23.9 Å². The molecule has 0 radical (unpaired) electrons. The number of halogens is 3. The zero-order valence-electron chi connectivity index (χ0n) is 16.9. The van der Waals surface area contributed by atoms with Crippen LogP contribution in [-0.4, -0.2) is 54.7 Å². The Morgan fingerprint density at radius 3 is 1.74 bits per heavy atom. The largest absolute Gasteiger partial charge is 0.643 e. The van der Waals surface area contributed by atoms with Crippen molar-refractivity contribution in [1.82, 2.24) is 0 Å². The van der Waals surface area contributed by atoms with Crippen molar-refractivity contribution in [1.29, 1.82) is 0 Å². The van der Waals surface area contributed by atoms with Gasteiger partial charge in [0, 0.05) is 11.8 Å². The fourth-order valence-electron chi connectivity index (χ4n) is 3.49. The van der Waals surface area contributed by atoms with Crippen molar-refractivity contribution in [2.75, 3.05) is 0 Å². The quantitative estimate of drug-likeness (QED) is 0.257. The van der Waals surface area contributed by atoms with E-state index in [-0.39, 0.29) is 30.1 Å². The highest BCUT2D eigenvalue weighted by Gasteiger charge is 2.40. The minimum absolute atomic E-state index is 0.104. The van der Waals surface area contributed by atoms with Gasteiger partial charge in [-0.25, -0.2) is 30.1 Å². The fourth-order valence-corrected chi connectivity index (χ4v) is 3.49. The van der Waals surface area contributed by atoms with Gasteiger partial charge in [0.15, 0.2) is 0 Å². The normalized spacial score (nSPS) is 30.0. The van der Waals surface area contributed by atoms with Gasteiger partial charge in [-0.3, -0.25) is 4.79 Å². The van der Waals surface area contributed by atoms with E-state index in [1.807, 2.05) is 24.3 Å². The van der Waals surface area contributed by atoms with E-state index in [4.69, 9.17) is 44.4 Å². The number of aldehydes is 3. The molecule has 4 bridgehead atoms. The summed E-state index contributed by atoms with van der Waals surface area (Å²) in [5.74, 6) is 0.365. The van der Waals surface area contributed by atoms with E-state index in [9.17, 15) is 9.59 Å². The summed E-state index contributed by atoms with van der Waals surface area (Å²) in [5, 5.41) is 0. The summed E-state index contributed by atoms with van der Waals surface area (Å²) in [4.78, 5) is 29.7. The van der Waals surface area contributed by atoms with E-state index in [0.29, 0.717) is 12.4 Å². The lowest BCUT2D eigenvalue weighted by molar-refractivity contribution is -0.112. The van der Waals surface area contributed by atoms with Crippen LogP contribution in [0.2, 0.25) is 0 Å². The van der Waals surface area contributed by atoms with Crippen molar-refractivity contribution in [2.45, 2.75) is 50.1 Å². The number of hydrogen-bond acceptors (Lipinski definition) is 6. The predicted molar refractivity (Wildman–Crippen MR) is 122 cm³/mol. The molecule has 170 valence electrons. The first-order valence-corrected chi connectivity index (χ1v) is 15.0. The summed E-state index contributed by atoms with van der Waals surface area (Å²) >= 11 is -1.72. The molecule has 4 aliphatic rings. The zero-order chi connectivity index (χ0) is 23.1. The van der Waals surface area contributed by atoms with E-state index < -0.39 is 11.4 Å². The van der Waals surface area contributed by atoms with Crippen molar-refractivity contribution in [3.63, 3.8) is 0 Å². The molecular weight excluding hydrogens is 482 g/mol. The molecule has 0 amide bonds. The summed E-state index contributed by atoms with van der Waals surface area (Å²) in [6.45, 7) is 3.11. The van der Waals surface area contributed by atoms with Crippen molar-refractivity contribution >= 4 is 60.4 Å². The first-order chi connectivity index (χ1) is 14.9. The zero-order valence-corrected chi connectivity index (χ0v) is 20.4. The second-order valence-corrected chi connectivity index (χ2v) is 13.3. The number of carbonyl (C=O) groups excluding carboxylic acids is 3. The number of fused-ring (bicyclic) bond motifs is 4. The third kappa shape index (κ3) is 11.5. The van der Waals surface area contributed by atoms with Gasteiger partial charge in [-0.15, -0.1) is 0 Å². The van der Waals surface area contributed by atoms with Crippen molar-refractivity contribution < 1.29 is 28.3 Å². The SMILES string of the molecule is C=CC=O.O=CC1CC2C=CC1O2.O=CC1CC2CCC1O2.[Cl][Al]([Cl])[Cl].c1ccoc1. The van der Waals surface area contributed by atoms with Crippen molar-refractivity contribution in [2.24, 2.45) is 11.8 Å². The third-order valence-corrected chi connectivity index (χ3v) is 4.80. The van der Waals surface area contributed by atoms with Gasteiger partial charge in [0.1, 0.15) is 18.9 Å². The van der Waals surface area contributed by atoms with Crippen LogP contribution in [0.4, 0.5) is 0 Å². The highest BCUT2D eigenvalue weighted by molar-refractivity contribution is 7.54. The second-order valence-electron chi connectivity index (χ2n) is 6.88. The summed E-state index contributed by atoms with van der Waals surface area (Å²) in [5.41, 5.74) is 0. The van der Waals surface area contributed by atoms with E-state index in [2.05, 4.69) is 11.0 Å². The lowest BCUT2D eigenvalue weighted by Gasteiger charge is -2.09. The van der Waals surface area contributed by atoms with Crippen LogP contribution in [0.1, 0.15) is 25.7 Å².